The monoisotopic (exact) mass is 337 g/mol. The van der Waals surface area contributed by atoms with Gasteiger partial charge in [0.2, 0.25) is 0 Å². The molecule has 2 N–H and O–H groups in total. The van der Waals surface area contributed by atoms with Gasteiger partial charge in [0.15, 0.2) is 6.20 Å². The Hall–Kier alpha value is -2.48. The Kier molecular flexibility index (Phi) is 3.94. The van der Waals surface area contributed by atoms with E-state index >= 15 is 0 Å². The van der Waals surface area contributed by atoms with Crippen LogP contribution in [0.4, 0.5) is 17.2 Å². The van der Waals surface area contributed by atoms with Gasteiger partial charge in [-0.1, -0.05) is 0 Å². The molecule has 0 saturated carbocycles. The molecule has 2 aromatic rings. The third-order valence-corrected chi connectivity index (χ3v) is 3.09. The molecule has 0 fully saturated rings. The van der Waals surface area contributed by atoms with Crippen LogP contribution in [-0.4, -0.2) is 21.0 Å². The number of nitro groups is 1. The fraction of sp³-hybridized carbons (Fsp3) is 0. The van der Waals surface area contributed by atoms with Crippen molar-refractivity contribution >= 4 is 39.1 Å². The molecule has 1 aromatic carbocycles. The summed E-state index contributed by atoms with van der Waals surface area (Å²) in [5.74, 6) is -1.26. The van der Waals surface area contributed by atoms with E-state index in [0.29, 0.717) is 15.8 Å². The number of aromatic nitrogens is 1. The summed E-state index contributed by atoms with van der Waals surface area (Å²) < 4.78 is 0.566. The fourth-order valence-electron chi connectivity index (χ4n) is 1.47. The molecule has 0 spiro atoms. The van der Waals surface area contributed by atoms with Gasteiger partial charge in [-0.2, -0.15) is 0 Å². The average Bonchev–Trinajstić information content (AvgIpc) is 2.41. The average molecular weight is 338 g/mol. The second kappa shape index (κ2) is 5.66. The van der Waals surface area contributed by atoms with Crippen molar-refractivity contribution in [3.63, 3.8) is 0 Å². The molecule has 0 amide bonds. The number of carboxylic acids is 1. The fourth-order valence-corrected chi connectivity index (χ4v) is 1.95. The van der Waals surface area contributed by atoms with E-state index in [1.807, 2.05) is 0 Å². The number of halogens is 1. The largest absolute Gasteiger partial charge is 0.478 e. The van der Waals surface area contributed by atoms with Crippen LogP contribution in [0.2, 0.25) is 0 Å². The van der Waals surface area contributed by atoms with Crippen LogP contribution in [0.25, 0.3) is 0 Å². The highest BCUT2D eigenvalue weighted by Crippen LogP contribution is 2.27. The molecule has 0 saturated heterocycles. The van der Waals surface area contributed by atoms with E-state index in [0.717, 1.165) is 0 Å². The molecule has 0 aliphatic carbocycles. The van der Waals surface area contributed by atoms with Crippen LogP contribution < -0.4 is 5.32 Å². The van der Waals surface area contributed by atoms with E-state index in [9.17, 15) is 14.9 Å². The summed E-state index contributed by atoms with van der Waals surface area (Å²) in [6.07, 6.45) is 1.33. The molecule has 20 heavy (non-hydrogen) atoms. The van der Waals surface area contributed by atoms with Crippen molar-refractivity contribution in [3.05, 3.63) is 56.7 Å². The summed E-state index contributed by atoms with van der Waals surface area (Å²) in [6, 6.07) is 7.30. The Morgan fingerprint density at radius 3 is 2.60 bits per heavy atom. The van der Waals surface area contributed by atoms with Crippen molar-refractivity contribution in [2.45, 2.75) is 0 Å². The van der Waals surface area contributed by atoms with Gasteiger partial charge in [0.1, 0.15) is 0 Å². The van der Waals surface area contributed by atoms with Crippen LogP contribution in [0.1, 0.15) is 10.4 Å². The van der Waals surface area contributed by atoms with Crippen LogP contribution in [0.5, 0.6) is 0 Å². The molecule has 2 rings (SSSR count). The maximum Gasteiger partial charge on any atom is 0.363 e. The second-order valence-electron chi connectivity index (χ2n) is 3.79. The van der Waals surface area contributed by atoms with Gasteiger partial charge in [-0.25, -0.2) is 4.79 Å². The predicted octanol–water partition coefficient (Wildman–Crippen LogP) is 3.19. The minimum Gasteiger partial charge on any atom is -0.478 e. The van der Waals surface area contributed by atoms with Crippen LogP contribution in [0.15, 0.2) is 41.0 Å². The molecule has 102 valence electrons. The smallest absolute Gasteiger partial charge is 0.363 e. The zero-order valence-corrected chi connectivity index (χ0v) is 11.5. The van der Waals surface area contributed by atoms with Crippen LogP contribution in [0, 0.1) is 10.1 Å². The lowest BCUT2D eigenvalue weighted by atomic mass is 10.2. The maximum absolute atomic E-state index is 10.8. The molecular formula is C12H8BrN3O4. The SMILES string of the molecule is O=C(O)c1ccc(Nc2ccc([N+](=O)[O-])nc2)c(Br)c1. The first kappa shape index (κ1) is 13.9. The number of hydrogen-bond donors (Lipinski definition) is 2. The van der Waals surface area contributed by atoms with Gasteiger partial charge in [0.05, 0.1) is 16.9 Å². The highest BCUT2D eigenvalue weighted by Gasteiger charge is 2.09. The predicted molar refractivity (Wildman–Crippen MR) is 75.3 cm³/mol. The van der Waals surface area contributed by atoms with Crippen LogP contribution >= 0.6 is 15.9 Å². The Balaban J connectivity index is 2.21. The highest BCUT2D eigenvalue weighted by molar-refractivity contribution is 9.10. The van der Waals surface area contributed by atoms with E-state index < -0.39 is 10.9 Å². The Labute approximate surface area is 121 Å². The molecule has 7 nitrogen and oxygen atoms in total. The standard InChI is InChI=1S/C12H8BrN3O4/c13-9-5-7(12(17)18)1-3-10(9)15-8-2-4-11(14-6-8)16(19)20/h1-6,15H,(H,17,18). The number of carbonyl (C=O) groups is 1. The molecule has 0 bridgehead atoms. The van der Waals surface area contributed by atoms with Crippen molar-refractivity contribution in [2.75, 3.05) is 5.32 Å². The van der Waals surface area contributed by atoms with E-state index in [1.54, 1.807) is 6.07 Å². The zero-order chi connectivity index (χ0) is 14.7. The highest BCUT2D eigenvalue weighted by atomic mass is 79.9. The van der Waals surface area contributed by atoms with Crippen LogP contribution in [-0.2, 0) is 0 Å². The van der Waals surface area contributed by atoms with Crippen molar-refractivity contribution in [2.24, 2.45) is 0 Å². The molecule has 0 aliphatic rings. The molecule has 0 unspecified atom stereocenters. The molecule has 0 atom stereocenters. The number of pyridine rings is 1. The van der Waals surface area contributed by atoms with E-state index in [2.05, 4.69) is 26.2 Å². The summed E-state index contributed by atoms with van der Waals surface area (Å²) >= 11 is 3.26. The van der Waals surface area contributed by atoms with Crippen molar-refractivity contribution < 1.29 is 14.8 Å². The molecule has 0 aliphatic heterocycles. The summed E-state index contributed by atoms with van der Waals surface area (Å²) in [5, 5.41) is 22.3. The number of carboxylic acid groups (broad SMARTS) is 1. The molecule has 1 aromatic heterocycles. The normalized spacial score (nSPS) is 10.1. The minimum absolute atomic E-state index is 0.157. The molecule has 8 heteroatoms. The minimum atomic E-state index is -1.02. The first-order valence-corrected chi connectivity index (χ1v) is 6.17. The lowest BCUT2D eigenvalue weighted by molar-refractivity contribution is -0.389. The summed E-state index contributed by atoms with van der Waals surface area (Å²) in [7, 11) is 0. The Bertz CT molecular complexity index is 673. The van der Waals surface area contributed by atoms with Gasteiger partial charge in [0, 0.05) is 10.5 Å². The number of anilines is 2. The quantitative estimate of drug-likeness (QED) is 0.655. The summed E-state index contributed by atoms with van der Waals surface area (Å²) in [4.78, 5) is 24.4. The third kappa shape index (κ3) is 3.09. The van der Waals surface area contributed by atoms with Crippen molar-refractivity contribution in [3.8, 4) is 0 Å². The summed E-state index contributed by atoms with van der Waals surface area (Å²) in [5.41, 5.74) is 1.34. The lowest BCUT2D eigenvalue weighted by Gasteiger charge is -2.07. The summed E-state index contributed by atoms with van der Waals surface area (Å²) in [6.45, 7) is 0. The molecule has 1 heterocycles. The Morgan fingerprint density at radius 1 is 1.35 bits per heavy atom. The van der Waals surface area contributed by atoms with E-state index in [-0.39, 0.29) is 11.4 Å². The van der Waals surface area contributed by atoms with Crippen molar-refractivity contribution in [1.29, 1.82) is 0 Å². The molecule has 0 radical (unpaired) electrons. The topological polar surface area (TPSA) is 105 Å². The lowest BCUT2D eigenvalue weighted by Crippen LogP contribution is -1.98. The van der Waals surface area contributed by atoms with Gasteiger partial charge in [-0.3, -0.25) is 0 Å². The number of benzene rings is 1. The second-order valence-corrected chi connectivity index (χ2v) is 4.64. The Morgan fingerprint density at radius 2 is 2.10 bits per heavy atom. The first-order valence-electron chi connectivity index (χ1n) is 5.37. The van der Waals surface area contributed by atoms with Gasteiger partial charge in [-0.15, -0.1) is 0 Å². The number of rotatable bonds is 4. The number of aromatic carboxylic acids is 1. The number of hydrogen-bond acceptors (Lipinski definition) is 5. The van der Waals surface area contributed by atoms with Gasteiger partial charge >= 0.3 is 11.8 Å². The van der Waals surface area contributed by atoms with E-state index in [4.69, 9.17) is 5.11 Å². The number of nitrogens with one attached hydrogen (secondary N) is 1. The molecular weight excluding hydrogens is 330 g/mol. The van der Waals surface area contributed by atoms with E-state index in [1.165, 1.54) is 30.5 Å². The first-order chi connectivity index (χ1) is 9.47. The number of nitrogens with zero attached hydrogens (tertiary/aromatic N) is 2. The maximum atomic E-state index is 10.8. The van der Waals surface area contributed by atoms with Gasteiger partial charge < -0.3 is 20.5 Å². The van der Waals surface area contributed by atoms with Crippen molar-refractivity contribution in [1.82, 2.24) is 4.98 Å². The van der Waals surface area contributed by atoms with Gasteiger partial charge in [0.25, 0.3) is 0 Å². The van der Waals surface area contributed by atoms with Crippen LogP contribution in [0.3, 0.4) is 0 Å². The zero-order valence-electron chi connectivity index (χ0n) is 9.91. The third-order valence-electron chi connectivity index (χ3n) is 2.43. The van der Waals surface area contributed by atoms with Gasteiger partial charge in [-0.05, 0) is 50.1 Å².